The highest BCUT2D eigenvalue weighted by atomic mass is 19.1. The number of anilines is 1. The number of aryl methyl sites for hydroxylation is 1. The zero-order valence-corrected chi connectivity index (χ0v) is 18.0. The second-order valence-electron chi connectivity index (χ2n) is 7.92. The minimum Gasteiger partial charge on any atom is -0.384 e. The molecule has 0 bridgehead atoms. The molecule has 0 saturated heterocycles. The first-order chi connectivity index (χ1) is 16.0. The Hall–Kier alpha value is -4.26. The number of hydrogen-bond donors (Lipinski definition) is 2. The molecular weight excluding hydrogens is 417 g/mol. The van der Waals surface area contributed by atoms with Gasteiger partial charge in [-0.3, -0.25) is 9.36 Å². The van der Waals surface area contributed by atoms with Gasteiger partial charge in [0.1, 0.15) is 22.7 Å². The van der Waals surface area contributed by atoms with E-state index in [1.807, 2.05) is 55.5 Å². The summed E-state index contributed by atoms with van der Waals surface area (Å²) in [5, 5.41) is 2.87. The van der Waals surface area contributed by atoms with E-state index in [0.717, 1.165) is 11.3 Å². The smallest absolute Gasteiger partial charge is 0.257 e. The monoisotopic (exact) mass is 439 g/mol. The van der Waals surface area contributed by atoms with Gasteiger partial charge in [-0.1, -0.05) is 42.5 Å². The highest BCUT2D eigenvalue weighted by molar-refractivity contribution is 6.11. The van der Waals surface area contributed by atoms with Gasteiger partial charge in [0.15, 0.2) is 5.65 Å². The van der Waals surface area contributed by atoms with E-state index in [9.17, 15) is 9.18 Å². The quantitative estimate of drug-likeness (QED) is 0.420. The van der Waals surface area contributed by atoms with Crippen molar-refractivity contribution >= 4 is 33.9 Å². The highest BCUT2D eigenvalue weighted by Gasteiger charge is 2.24. The topological polar surface area (TPSA) is 85.8 Å². The lowest BCUT2D eigenvalue weighted by molar-refractivity contribution is 0.0956. The number of nitrogens with one attached hydrogen (secondary N) is 1. The van der Waals surface area contributed by atoms with Crippen LogP contribution >= 0.6 is 0 Å². The molecule has 5 aromatic rings. The van der Waals surface area contributed by atoms with Gasteiger partial charge in [0, 0.05) is 12.2 Å². The van der Waals surface area contributed by atoms with Crippen molar-refractivity contribution in [2.24, 2.45) is 0 Å². The minimum atomic E-state index is -0.371. The number of carbonyl (C=O) groups excluding carboxylic acids is 1. The number of nitrogens with zero attached hydrogens (tertiary/aromatic N) is 3. The third-order valence-corrected chi connectivity index (χ3v) is 5.62. The second kappa shape index (κ2) is 8.35. The molecule has 0 aliphatic rings. The van der Waals surface area contributed by atoms with Crippen LogP contribution in [-0.2, 0) is 6.42 Å². The summed E-state index contributed by atoms with van der Waals surface area (Å²) < 4.78 is 15.7. The van der Waals surface area contributed by atoms with E-state index < -0.39 is 0 Å². The lowest BCUT2D eigenvalue weighted by Crippen LogP contribution is -2.26. The number of nitrogens with two attached hydrogens (primary N) is 1. The molecule has 1 amide bonds. The number of halogens is 1. The lowest BCUT2D eigenvalue weighted by atomic mass is 10.1. The summed E-state index contributed by atoms with van der Waals surface area (Å²) in [6.07, 6.45) is 0.365. The van der Waals surface area contributed by atoms with Crippen LogP contribution in [0.15, 0.2) is 72.8 Å². The van der Waals surface area contributed by atoms with Gasteiger partial charge >= 0.3 is 0 Å². The Labute approximate surface area is 189 Å². The lowest BCUT2D eigenvalue weighted by Gasteiger charge is -2.09. The molecule has 0 radical (unpaired) electrons. The average molecular weight is 439 g/mol. The standard InChI is InChI=1S/C26H22FN5O/c1-16-7-6-9-18(15-16)32-24(28)22(23-25(32)31-21-12-5-4-11-20(21)30-23)26(33)29-14-13-17-8-2-3-10-19(17)27/h2-12,15H,13-14,28H2,1H3,(H,29,33). The van der Waals surface area contributed by atoms with Gasteiger partial charge in [-0.25, -0.2) is 14.4 Å². The molecule has 2 aromatic heterocycles. The zero-order chi connectivity index (χ0) is 22.9. The predicted molar refractivity (Wildman–Crippen MR) is 128 cm³/mol. The molecule has 0 aliphatic heterocycles. The third-order valence-electron chi connectivity index (χ3n) is 5.62. The molecule has 0 spiro atoms. The minimum absolute atomic E-state index is 0.259. The van der Waals surface area contributed by atoms with E-state index in [-0.39, 0.29) is 29.7 Å². The summed E-state index contributed by atoms with van der Waals surface area (Å²) in [5.41, 5.74) is 11.5. The van der Waals surface area contributed by atoms with Crippen LogP contribution in [0.5, 0.6) is 0 Å². The van der Waals surface area contributed by atoms with Gasteiger partial charge in [0.2, 0.25) is 0 Å². The first-order valence-electron chi connectivity index (χ1n) is 10.7. The van der Waals surface area contributed by atoms with Crippen LogP contribution < -0.4 is 11.1 Å². The van der Waals surface area contributed by atoms with Crippen LogP contribution in [0.25, 0.3) is 27.9 Å². The Morgan fingerprint density at radius 1 is 1.00 bits per heavy atom. The maximum Gasteiger partial charge on any atom is 0.257 e. The Morgan fingerprint density at radius 3 is 2.48 bits per heavy atom. The summed E-state index contributed by atoms with van der Waals surface area (Å²) in [4.78, 5) is 22.7. The number of para-hydroxylation sites is 2. The van der Waals surface area contributed by atoms with Crippen LogP contribution in [-0.4, -0.2) is 27.0 Å². The van der Waals surface area contributed by atoms with Crippen molar-refractivity contribution in [3.8, 4) is 5.69 Å². The summed E-state index contributed by atoms with van der Waals surface area (Å²) >= 11 is 0. The normalized spacial score (nSPS) is 11.2. The molecule has 3 aromatic carbocycles. The van der Waals surface area contributed by atoms with Gasteiger partial charge in [-0.05, 0) is 54.8 Å². The zero-order valence-electron chi connectivity index (χ0n) is 18.0. The Bertz CT molecular complexity index is 1510. The van der Waals surface area contributed by atoms with Crippen molar-refractivity contribution in [1.29, 1.82) is 0 Å². The molecule has 164 valence electrons. The van der Waals surface area contributed by atoms with E-state index in [2.05, 4.69) is 5.32 Å². The summed E-state index contributed by atoms with van der Waals surface area (Å²) in [5.74, 6) is -0.404. The van der Waals surface area contributed by atoms with E-state index in [1.54, 1.807) is 22.8 Å². The summed E-state index contributed by atoms with van der Waals surface area (Å²) in [6, 6.07) is 21.8. The number of benzene rings is 3. The molecular formula is C26H22FN5O. The van der Waals surface area contributed by atoms with Crippen molar-refractivity contribution in [3.05, 3.63) is 95.3 Å². The van der Waals surface area contributed by atoms with E-state index in [1.165, 1.54) is 6.07 Å². The molecule has 0 aliphatic carbocycles. The second-order valence-corrected chi connectivity index (χ2v) is 7.92. The number of fused-ring (bicyclic) bond motifs is 2. The fraction of sp³-hybridized carbons (Fsp3) is 0.115. The average Bonchev–Trinajstić information content (AvgIpc) is 3.09. The van der Waals surface area contributed by atoms with Gasteiger partial charge in [0.05, 0.1) is 11.0 Å². The number of amides is 1. The maximum atomic E-state index is 13.9. The van der Waals surface area contributed by atoms with Crippen LogP contribution in [0.2, 0.25) is 0 Å². The number of nitrogen functional groups attached to an aromatic ring is 1. The van der Waals surface area contributed by atoms with E-state index in [0.29, 0.717) is 34.2 Å². The van der Waals surface area contributed by atoms with Gasteiger partial charge in [-0.2, -0.15) is 0 Å². The number of rotatable bonds is 5. The highest BCUT2D eigenvalue weighted by Crippen LogP contribution is 2.31. The van der Waals surface area contributed by atoms with Crippen molar-refractivity contribution < 1.29 is 9.18 Å². The molecule has 3 N–H and O–H groups in total. The molecule has 0 unspecified atom stereocenters. The fourth-order valence-corrected chi connectivity index (χ4v) is 4.01. The van der Waals surface area contributed by atoms with Crippen molar-refractivity contribution in [3.63, 3.8) is 0 Å². The van der Waals surface area contributed by atoms with Crippen molar-refractivity contribution in [2.75, 3.05) is 12.3 Å². The van der Waals surface area contributed by atoms with Crippen LogP contribution in [0, 0.1) is 12.7 Å². The molecule has 33 heavy (non-hydrogen) atoms. The van der Waals surface area contributed by atoms with Gasteiger partial charge in [0.25, 0.3) is 5.91 Å². The van der Waals surface area contributed by atoms with Gasteiger partial charge < -0.3 is 11.1 Å². The molecule has 2 heterocycles. The molecule has 0 fully saturated rings. The molecule has 5 rings (SSSR count). The Kier molecular flexibility index (Phi) is 5.22. The molecule has 7 heteroatoms. The predicted octanol–water partition coefficient (Wildman–Crippen LogP) is 4.58. The van der Waals surface area contributed by atoms with Crippen LogP contribution in [0.3, 0.4) is 0 Å². The van der Waals surface area contributed by atoms with Crippen LogP contribution in [0.1, 0.15) is 21.5 Å². The van der Waals surface area contributed by atoms with Gasteiger partial charge in [-0.15, -0.1) is 0 Å². The number of hydrogen-bond acceptors (Lipinski definition) is 4. The Morgan fingerprint density at radius 2 is 1.73 bits per heavy atom. The van der Waals surface area contributed by atoms with E-state index >= 15 is 0 Å². The van der Waals surface area contributed by atoms with Crippen LogP contribution in [0.4, 0.5) is 10.2 Å². The van der Waals surface area contributed by atoms with Crippen molar-refractivity contribution in [1.82, 2.24) is 19.9 Å². The van der Waals surface area contributed by atoms with Crippen molar-refractivity contribution in [2.45, 2.75) is 13.3 Å². The fourth-order valence-electron chi connectivity index (χ4n) is 4.01. The first-order valence-corrected chi connectivity index (χ1v) is 10.7. The largest absolute Gasteiger partial charge is 0.384 e. The molecule has 6 nitrogen and oxygen atoms in total. The molecule has 0 saturated carbocycles. The number of carbonyl (C=O) groups is 1. The Balaban J connectivity index is 1.58. The summed E-state index contributed by atoms with van der Waals surface area (Å²) in [7, 11) is 0. The SMILES string of the molecule is Cc1cccc(-n2c(N)c(C(=O)NCCc3ccccc3F)c3nc4ccccc4nc32)c1. The maximum absolute atomic E-state index is 13.9. The summed E-state index contributed by atoms with van der Waals surface area (Å²) in [6.45, 7) is 2.25. The third kappa shape index (κ3) is 3.78. The number of aromatic nitrogens is 3. The first kappa shape index (κ1) is 20.6. The van der Waals surface area contributed by atoms with E-state index in [4.69, 9.17) is 15.7 Å². The molecule has 0 atom stereocenters.